The normalized spacial score (nSPS) is 19.9. The van der Waals surface area contributed by atoms with Gasteiger partial charge in [-0.25, -0.2) is 0 Å². The molecular formula is C11H21N3O2. The Labute approximate surface area is 96.4 Å². The van der Waals surface area contributed by atoms with Gasteiger partial charge in [0.05, 0.1) is 0 Å². The third kappa shape index (κ3) is 5.11. The molecule has 0 aromatic rings. The second-order valence-corrected chi connectivity index (χ2v) is 4.47. The van der Waals surface area contributed by atoms with Crippen LogP contribution in [0.15, 0.2) is 0 Å². The third-order valence-corrected chi connectivity index (χ3v) is 2.54. The molecule has 0 radical (unpaired) electrons. The number of hydrogen-bond donors (Lipinski definition) is 3. The van der Waals surface area contributed by atoms with Gasteiger partial charge >= 0.3 is 0 Å². The molecule has 0 bridgehead atoms. The van der Waals surface area contributed by atoms with E-state index in [2.05, 4.69) is 16.0 Å². The molecule has 2 amide bonds. The molecule has 1 fully saturated rings. The zero-order chi connectivity index (χ0) is 12.0. The smallest absolute Gasteiger partial charge is 0.221 e. The topological polar surface area (TPSA) is 70.2 Å². The molecule has 0 aromatic heterocycles. The molecule has 3 N–H and O–H groups in total. The Morgan fingerprint density at radius 1 is 1.56 bits per heavy atom. The van der Waals surface area contributed by atoms with Crippen LogP contribution in [0.2, 0.25) is 0 Å². The fraction of sp³-hybridized carbons (Fsp3) is 0.818. The number of carbonyl (C=O) groups is 2. The summed E-state index contributed by atoms with van der Waals surface area (Å²) < 4.78 is 0. The van der Waals surface area contributed by atoms with E-state index < -0.39 is 0 Å². The molecule has 5 nitrogen and oxygen atoms in total. The Kier molecular flexibility index (Phi) is 5.25. The zero-order valence-corrected chi connectivity index (χ0v) is 10.0. The minimum atomic E-state index is 0.0364. The van der Waals surface area contributed by atoms with E-state index in [-0.39, 0.29) is 17.9 Å². The van der Waals surface area contributed by atoms with Crippen LogP contribution in [-0.2, 0) is 9.59 Å². The first-order chi connectivity index (χ1) is 7.58. The Bertz CT molecular complexity index is 254. The fourth-order valence-corrected chi connectivity index (χ4v) is 1.63. The van der Waals surface area contributed by atoms with Crippen LogP contribution in [0.4, 0.5) is 0 Å². The van der Waals surface area contributed by atoms with E-state index in [1.807, 2.05) is 13.8 Å². The maximum Gasteiger partial charge on any atom is 0.221 e. The van der Waals surface area contributed by atoms with E-state index in [4.69, 9.17) is 0 Å². The number of carbonyl (C=O) groups excluding carboxylic acids is 2. The van der Waals surface area contributed by atoms with Crippen molar-refractivity contribution in [2.24, 2.45) is 0 Å². The van der Waals surface area contributed by atoms with Crippen molar-refractivity contribution in [3.05, 3.63) is 0 Å². The van der Waals surface area contributed by atoms with Crippen molar-refractivity contribution < 1.29 is 9.59 Å². The summed E-state index contributed by atoms with van der Waals surface area (Å²) in [5.41, 5.74) is 0. The second kappa shape index (κ2) is 6.48. The molecule has 0 saturated carbocycles. The quantitative estimate of drug-likeness (QED) is 0.587. The van der Waals surface area contributed by atoms with Crippen molar-refractivity contribution in [2.45, 2.75) is 45.2 Å². The summed E-state index contributed by atoms with van der Waals surface area (Å²) in [6.45, 7) is 5.34. The summed E-state index contributed by atoms with van der Waals surface area (Å²) in [4.78, 5) is 22.3. The van der Waals surface area contributed by atoms with Crippen LogP contribution in [0.1, 0.15) is 33.1 Å². The molecule has 1 rings (SSSR count). The second-order valence-electron chi connectivity index (χ2n) is 4.47. The van der Waals surface area contributed by atoms with Crippen molar-refractivity contribution in [1.29, 1.82) is 0 Å². The fourth-order valence-electron chi connectivity index (χ4n) is 1.63. The summed E-state index contributed by atoms with van der Waals surface area (Å²) in [6.07, 6.45) is 1.89. The average Bonchev–Trinajstić information content (AvgIpc) is 2.61. The first kappa shape index (κ1) is 13.0. The van der Waals surface area contributed by atoms with Crippen LogP contribution >= 0.6 is 0 Å². The van der Waals surface area contributed by atoms with E-state index >= 15 is 0 Å². The monoisotopic (exact) mass is 227 g/mol. The first-order valence-corrected chi connectivity index (χ1v) is 5.87. The van der Waals surface area contributed by atoms with Crippen LogP contribution in [-0.4, -0.2) is 37.0 Å². The summed E-state index contributed by atoms with van der Waals surface area (Å²) in [5.74, 6) is 0.120. The molecule has 5 heteroatoms. The van der Waals surface area contributed by atoms with Crippen LogP contribution in [0.3, 0.4) is 0 Å². The Morgan fingerprint density at radius 2 is 2.31 bits per heavy atom. The van der Waals surface area contributed by atoms with Gasteiger partial charge in [-0.05, 0) is 6.42 Å². The van der Waals surface area contributed by atoms with Gasteiger partial charge in [0.1, 0.15) is 0 Å². The third-order valence-electron chi connectivity index (χ3n) is 2.54. The molecule has 1 aliphatic rings. The highest BCUT2D eigenvalue weighted by Gasteiger charge is 2.20. The zero-order valence-electron chi connectivity index (χ0n) is 10.0. The van der Waals surface area contributed by atoms with Crippen molar-refractivity contribution in [3.63, 3.8) is 0 Å². The molecule has 92 valence electrons. The maximum atomic E-state index is 11.4. The number of rotatable bonds is 6. The van der Waals surface area contributed by atoms with Gasteiger partial charge in [0.25, 0.3) is 0 Å². The maximum absolute atomic E-state index is 11.4. The standard InChI is InChI=1S/C11H21N3O2/c1-8(2)12-6-5-10(15)13-7-9-3-4-11(16)14-9/h8-9,12H,3-7H2,1-2H3,(H,13,15)(H,14,16). The van der Waals surface area contributed by atoms with Gasteiger partial charge in [-0.2, -0.15) is 0 Å². The van der Waals surface area contributed by atoms with E-state index in [1.54, 1.807) is 0 Å². The lowest BCUT2D eigenvalue weighted by atomic mass is 10.2. The highest BCUT2D eigenvalue weighted by Crippen LogP contribution is 2.04. The van der Waals surface area contributed by atoms with Crippen LogP contribution in [0.25, 0.3) is 0 Å². The number of amides is 2. The lowest BCUT2D eigenvalue weighted by molar-refractivity contribution is -0.122. The van der Waals surface area contributed by atoms with E-state index in [1.165, 1.54) is 0 Å². The van der Waals surface area contributed by atoms with E-state index in [0.29, 0.717) is 32.0 Å². The predicted molar refractivity (Wildman–Crippen MR) is 61.9 cm³/mol. The average molecular weight is 227 g/mol. The molecule has 1 heterocycles. The number of nitrogens with one attached hydrogen (secondary N) is 3. The lowest BCUT2D eigenvalue weighted by Gasteiger charge is -2.12. The molecule has 0 spiro atoms. The van der Waals surface area contributed by atoms with E-state index in [0.717, 1.165) is 6.42 Å². The van der Waals surface area contributed by atoms with Gasteiger partial charge in [0.2, 0.25) is 11.8 Å². The van der Waals surface area contributed by atoms with Gasteiger partial charge in [0, 0.05) is 38.0 Å². The SMILES string of the molecule is CC(C)NCCC(=O)NCC1CCC(=O)N1. The minimum Gasteiger partial charge on any atom is -0.354 e. The summed E-state index contributed by atoms with van der Waals surface area (Å²) in [6, 6.07) is 0.524. The summed E-state index contributed by atoms with van der Waals surface area (Å²) in [7, 11) is 0. The molecule has 1 unspecified atom stereocenters. The molecular weight excluding hydrogens is 206 g/mol. The first-order valence-electron chi connectivity index (χ1n) is 5.87. The molecule has 16 heavy (non-hydrogen) atoms. The molecule has 0 aliphatic carbocycles. The Hall–Kier alpha value is -1.10. The van der Waals surface area contributed by atoms with Crippen molar-refractivity contribution in [3.8, 4) is 0 Å². The minimum absolute atomic E-state index is 0.0364. The van der Waals surface area contributed by atoms with Crippen LogP contribution in [0, 0.1) is 0 Å². The molecule has 1 saturated heterocycles. The largest absolute Gasteiger partial charge is 0.354 e. The van der Waals surface area contributed by atoms with Crippen LogP contribution in [0.5, 0.6) is 0 Å². The Balaban J connectivity index is 2.04. The summed E-state index contributed by atoms with van der Waals surface area (Å²) >= 11 is 0. The van der Waals surface area contributed by atoms with Crippen molar-refractivity contribution in [2.75, 3.05) is 13.1 Å². The number of hydrogen-bond acceptors (Lipinski definition) is 3. The van der Waals surface area contributed by atoms with Gasteiger partial charge in [0.15, 0.2) is 0 Å². The molecule has 1 atom stereocenters. The summed E-state index contributed by atoms with van der Waals surface area (Å²) in [5, 5.41) is 8.82. The van der Waals surface area contributed by atoms with Gasteiger partial charge in [-0.3, -0.25) is 9.59 Å². The Morgan fingerprint density at radius 3 is 2.88 bits per heavy atom. The van der Waals surface area contributed by atoms with Gasteiger partial charge in [-0.15, -0.1) is 0 Å². The van der Waals surface area contributed by atoms with Gasteiger partial charge in [-0.1, -0.05) is 13.8 Å². The molecule has 1 aliphatic heterocycles. The van der Waals surface area contributed by atoms with Crippen molar-refractivity contribution >= 4 is 11.8 Å². The van der Waals surface area contributed by atoms with Gasteiger partial charge < -0.3 is 16.0 Å². The lowest BCUT2D eigenvalue weighted by Crippen LogP contribution is -2.39. The van der Waals surface area contributed by atoms with E-state index in [9.17, 15) is 9.59 Å². The highest BCUT2D eigenvalue weighted by molar-refractivity contribution is 5.79. The van der Waals surface area contributed by atoms with Crippen molar-refractivity contribution in [1.82, 2.24) is 16.0 Å². The van der Waals surface area contributed by atoms with Crippen LogP contribution < -0.4 is 16.0 Å². The highest BCUT2D eigenvalue weighted by atomic mass is 16.2. The molecule has 0 aromatic carbocycles. The predicted octanol–water partition coefficient (Wildman–Crippen LogP) is -0.231.